The first-order valence-corrected chi connectivity index (χ1v) is 7.16. The molecule has 1 fully saturated rings. The lowest BCUT2D eigenvalue weighted by Crippen LogP contribution is -2.39. The highest BCUT2D eigenvalue weighted by atomic mass is 32.2. The van der Waals surface area contributed by atoms with Gasteiger partial charge in [-0.25, -0.2) is 4.98 Å². The van der Waals surface area contributed by atoms with Crippen molar-refractivity contribution in [2.75, 3.05) is 11.5 Å². The van der Waals surface area contributed by atoms with Crippen molar-refractivity contribution in [3.05, 3.63) is 12.7 Å². The molecule has 1 aliphatic heterocycles. The maximum Gasteiger partial charge on any atom is 0.137 e. The minimum atomic E-state index is 0.567. The van der Waals surface area contributed by atoms with Crippen LogP contribution in [0.25, 0.3) is 0 Å². The molecule has 1 saturated heterocycles. The third-order valence-electron chi connectivity index (χ3n) is 3.00. The Labute approximate surface area is 101 Å². The maximum atomic E-state index is 4.11. The fourth-order valence-corrected chi connectivity index (χ4v) is 3.13. The van der Waals surface area contributed by atoms with Gasteiger partial charge in [0.15, 0.2) is 0 Å². The number of hydrogen-bond donors (Lipinski definition) is 1. The van der Waals surface area contributed by atoms with E-state index < -0.39 is 0 Å². The normalized spacial score (nSPS) is 19.8. The molecule has 2 heterocycles. The molecule has 4 nitrogen and oxygen atoms in total. The van der Waals surface area contributed by atoms with Gasteiger partial charge < -0.3 is 5.32 Å². The molecule has 0 aromatic carbocycles. The fraction of sp³-hybridized carbons (Fsp3) is 0.818. The summed E-state index contributed by atoms with van der Waals surface area (Å²) in [7, 11) is 0. The van der Waals surface area contributed by atoms with Crippen molar-refractivity contribution >= 4 is 11.8 Å². The van der Waals surface area contributed by atoms with E-state index in [2.05, 4.69) is 34.1 Å². The topological polar surface area (TPSA) is 42.7 Å². The van der Waals surface area contributed by atoms with E-state index >= 15 is 0 Å². The quantitative estimate of drug-likeness (QED) is 0.848. The van der Waals surface area contributed by atoms with Gasteiger partial charge in [0.2, 0.25) is 0 Å². The van der Waals surface area contributed by atoms with Gasteiger partial charge >= 0.3 is 0 Å². The Morgan fingerprint density at radius 3 is 3.00 bits per heavy atom. The number of aryl methyl sites for hydroxylation is 1. The predicted molar refractivity (Wildman–Crippen MR) is 67.6 cm³/mol. The monoisotopic (exact) mass is 240 g/mol. The minimum Gasteiger partial charge on any atom is -0.311 e. The number of rotatable bonds is 5. The molecule has 1 aromatic rings. The molecule has 0 aliphatic carbocycles. The first-order valence-electron chi connectivity index (χ1n) is 6.01. The van der Waals surface area contributed by atoms with Crippen molar-refractivity contribution in [1.29, 1.82) is 0 Å². The van der Waals surface area contributed by atoms with Crippen LogP contribution in [0.2, 0.25) is 0 Å². The average Bonchev–Trinajstić information content (AvgIpc) is 2.81. The molecule has 0 saturated carbocycles. The molecule has 0 bridgehead atoms. The summed E-state index contributed by atoms with van der Waals surface area (Å²) in [6.07, 6.45) is 7.13. The highest BCUT2D eigenvalue weighted by molar-refractivity contribution is 7.99. The summed E-state index contributed by atoms with van der Waals surface area (Å²) in [5, 5.41) is 7.82. The molecule has 0 radical (unpaired) electrons. The first kappa shape index (κ1) is 11.9. The molecule has 1 aliphatic rings. The molecule has 1 aromatic heterocycles. The number of thioether (sulfide) groups is 1. The molecule has 1 N–H and O–H groups in total. The maximum absolute atomic E-state index is 4.11. The van der Waals surface area contributed by atoms with E-state index in [4.69, 9.17) is 0 Å². The van der Waals surface area contributed by atoms with E-state index in [1.165, 1.54) is 24.3 Å². The standard InChI is InChI=1S/C11H20N4S/c1-10(2-5-15-9-12-8-13-15)14-11-3-6-16-7-4-11/h8-11,14H,2-7H2,1H3. The molecule has 0 spiro atoms. The van der Waals surface area contributed by atoms with Crippen LogP contribution < -0.4 is 5.32 Å². The van der Waals surface area contributed by atoms with Gasteiger partial charge in [0.05, 0.1) is 0 Å². The highest BCUT2D eigenvalue weighted by Gasteiger charge is 2.15. The van der Waals surface area contributed by atoms with Crippen LogP contribution in [0.5, 0.6) is 0 Å². The van der Waals surface area contributed by atoms with Crippen molar-refractivity contribution in [2.24, 2.45) is 0 Å². The minimum absolute atomic E-state index is 0.567. The van der Waals surface area contributed by atoms with Gasteiger partial charge in [-0.05, 0) is 37.7 Å². The van der Waals surface area contributed by atoms with E-state index in [0.29, 0.717) is 6.04 Å². The summed E-state index contributed by atoms with van der Waals surface area (Å²) >= 11 is 2.07. The van der Waals surface area contributed by atoms with Crippen LogP contribution in [0.3, 0.4) is 0 Å². The van der Waals surface area contributed by atoms with E-state index in [0.717, 1.165) is 19.0 Å². The Morgan fingerprint density at radius 2 is 2.31 bits per heavy atom. The SMILES string of the molecule is CC(CCn1cncn1)NC1CCSCC1. The van der Waals surface area contributed by atoms with Crippen molar-refractivity contribution in [2.45, 2.75) is 44.8 Å². The highest BCUT2D eigenvalue weighted by Crippen LogP contribution is 2.17. The molecule has 1 unspecified atom stereocenters. The zero-order valence-corrected chi connectivity index (χ0v) is 10.6. The van der Waals surface area contributed by atoms with Gasteiger partial charge in [0.25, 0.3) is 0 Å². The van der Waals surface area contributed by atoms with Crippen LogP contribution in [-0.4, -0.2) is 38.4 Å². The van der Waals surface area contributed by atoms with Crippen molar-refractivity contribution < 1.29 is 0 Å². The van der Waals surface area contributed by atoms with Crippen molar-refractivity contribution in [3.63, 3.8) is 0 Å². The molecule has 16 heavy (non-hydrogen) atoms. The van der Waals surface area contributed by atoms with Crippen LogP contribution in [0.4, 0.5) is 0 Å². The largest absolute Gasteiger partial charge is 0.311 e. The lowest BCUT2D eigenvalue weighted by atomic mass is 10.1. The van der Waals surface area contributed by atoms with Crippen molar-refractivity contribution in [3.8, 4) is 0 Å². The summed E-state index contributed by atoms with van der Waals surface area (Å²) in [4.78, 5) is 3.94. The molecular formula is C11H20N4S. The third-order valence-corrected chi connectivity index (χ3v) is 4.05. The van der Waals surface area contributed by atoms with Gasteiger partial charge in [-0.1, -0.05) is 0 Å². The number of hydrogen-bond acceptors (Lipinski definition) is 4. The fourth-order valence-electron chi connectivity index (χ4n) is 2.02. The molecule has 5 heteroatoms. The molecular weight excluding hydrogens is 220 g/mol. The van der Waals surface area contributed by atoms with E-state index in [1.54, 1.807) is 12.7 Å². The molecule has 1 atom stereocenters. The second-order valence-corrected chi connectivity index (χ2v) is 5.63. The first-order chi connectivity index (χ1) is 7.84. The Hall–Kier alpha value is -0.550. The lowest BCUT2D eigenvalue weighted by molar-refractivity contribution is 0.387. The summed E-state index contributed by atoms with van der Waals surface area (Å²) < 4.78 is 1.90. The van der Waals surface area contributed by atoms with Crippen LogP contribution in [0.15, 0.2) is 12.7 Å². The Morgan fingerprint density at radius 1 is 1.50 bits per heavy atom. The van der Waals surface area contributed by atoms with Crippen molar-refractivity contribution in [1.82, 2.24) is 20.1 Å². The summed E-state index contributed by atoms with van der Waals surface area (Å²) in [6, 6.07) is 1.30. The van der Waals surface area contributed by atoms with Gasteiger partial charge in [-0.2, -0.15) is 16.9 Å². The van der Waals surface area contributed by atoms with Gasteiger partial charge in [0, 0.05) is 18.6 Å². The van der Waals surface area contributed by atoms with Gasteiger partial charge in [-0.3, -0.25) is 4.68 Å². The summed E-state index contributed by atoms with van der Waals surface area (Å²) in [5.74, 6) is 2.63. The Bertz CT molecular complexity index is 282. The smallest absolute Gasteiger partial charge is 0.137 e. The van der Waals surface area contributed by atoms with Crippen LogP contribution in [0, 0.1) is 0 Å². The Kier molecular flexibility index (Phi) is 4.66. The Balaban J connectivity index is 1.65. The molecule has 0 amide bonds. The average molecular weight is 240 g/mol. The number of aromatic nitrogens is 3. The second-order valence-electron chi connectivity index (χ2n) is 4.40. The van der Waals surface area contributed by atoms with E-state index in [9.17, 15) is 0 Å². The number of nitrogens with zero attached hydrogens (tertiary/aromatic N) is 3. The lowest BCUT2D eigenvalue weighted by Gasteiger charge is -2.26. The van der Waals surface area contributed by atoms with Gasteiger partial charge in [0.1, 0.15) is 12.7 Å². The second kappa shape index (κ2) is 6.25. The van der Waals surface area contributed by atoms with E-state index in [-0.39, 0.29) is 0 Å². The molecule has 2 rings (SSSR count). The van der Waals surface area contributed by atoms with E-state index in [1.807, 2.05) is 4.68 Å². The molecule has 90 valence electrons. The summed E-state index contributed by atoms with van der Waals surface area (Å²) in [6.45, 7) is 3.22. The zero-order valence-electron chi connectivity index (χ0n) is 9.80. The summed E-state index contributed by atoms with van der Waals surface area (Å²) in [5.41, 5.74) is 0. The van der Waals surface area contributed by atoms with Crippen LogP contribution in [0.1, 0.15) is 26.2 Å². The zero-order chi connectivity index (χ0) is 11.2. The van der Waals surface area contributed by atoms with Crippen LogP contribution >= 0.6 is 11.8 Å². The number of nitrogens with one attached hydrogen (secondary N) is 1. The third kappa shape index (κ3) is 3.79. The predicted octanol–water partition coefficient (Wildman–Crippen LogP) is 1.54. The van der Waals surface area contributed by atoms with Crippen LogP contribution in [-0.2, 0) is 6.54 Å². The van der Waals surface area contributed by atoms with Gasteiger partial charge in [-0.15, -0.1) is 0 Å².